The number of benzene rings is 1. The van der Waals surface area contributed by atoms with E-state index in [-0.39, 0.29) is 11.6 Å². The molecule has 2 N–H and O–H groups in total. The Morgan fingerprint density at radius 3 is 2.48 bits per heavy atom. The van der Waals surface area contributed by atoms with Gasteiger partial charge in [-0.1, -0.05) is 30.3 Å². The van der Waals surface area contributed by atoms with E-state index in [0.717, 1.165) is 45.8 Å². The van der Waals surface area contributed by atoms with Gasteiger partial charge in [0.2, 0.25) is 0 Å². The fourth-order valence-electron chi connectivity index (χ4n) is 3.78. The van der Waals surface area contributed by atoms with Crippen LogP contribution in [0.5, 0.6) is 0 Å². The number of nitrogens with zero attached hydrogens (tertiary/aromatic N) is 2. The highest BCUT2D eigenvalue weighted by Gasteiger charge is 2.45. The van der Waals surface area contributed by atoms with Crippen molar-refractivity contribution in [2.75, 3.05) is 39.3 Å². The average molecular weight is 289 g/mol. The molecule has 2 fully saturated rings. The molecule has 2 aliphatic heterocycles. The lowest BCUT2D eigenvalue weighted by Crippen LogP contribution is -2.63. The monoisotopic (exact) mass is 289 g/mol. The molecule has 4 heteroatoms. The second-order valence-electron chi connectivity index (χ2n) is 6.32. The number of piperazine rings is 1. The van der Waals surface area contributed by atoms with Crippen LogP contribution in [0.4, 0.5) is 0 Å². The van der Waals surface area contributed by atoms with Crippen molar-refractivity contribution in [2.45, 2.75) is 31.5 Å². The minimum Gasteiger partial charge on any atom is -0.376 e. The minimum atomic E-state index is 0.0683. The zero-order valence-corrected chi connectivity index (χ0v) is 13.0. The highest BCUT2D eigenvalue weighted by Crippen LogP contribution is 2.32. The molecule has 2 heterocycles. The fourth-order valence-corrected chi connectivity index (χ4v) is 3.78. The van der Waals surface area contributed by atoms with Gasteiger partial charge in [-0.25, -0.2) is 0 Å². The Morgan fingerprint density at radius 2 is 1.90 bits per heavy atom. The Hall–Kier alpha value is -0.940. The maximum atomic E-state index is 6.11. The molecule has 2 saturated heterocycles. The minimum absolute atomic E-state index is 0.0683. The van der Waals surface area contributed by atoms with E-state index in [0.29, 0.717) is 6.54 Å². The van der Waals surface area contributed by atoms with E-state index < -0.39 is 0 Å². The van der Waals surface area contributed by atoms with E-state index in [1.807, 2.05) is 0 Å². The summed E-state index contributed by atoms with van der Waals surface area (Å²) in [6, 6.07) is 10.7. The van der Waals surface area contributed by atoms with E-state index in [1.165, 1.54) is 5.56 Å². The second kappa shape index (κ2) is 6.44. The molecule has 4 nitrogen and oxygen atoms in total. The lowest BCUT2D eigenvalue weighted by molar-refractivity contribution is -0.0130. The lowest BCUT2D eigenvalue weighted by atomic mass is 9.89. The molecule has 1 aromatic rings. The van der Waals surface area contributed by atoms with Crippen molar-refractivity contribution in [1.82, 2.24) is 9.80 Å². The van der Waals surface area contributed by atoms with E-state index in [2.05, 4.69) is 47.1 Å². The van der Waals surface area contributed by atoms with Gasteiger partial charge in [-0.2, -0.15) is 0 Å². The molecule has 0 spiro atoms. The topological polar surface area (TPSA) is 41.7 Å². The Kier molecular flexibility index (Phi) is 4.60. The van der Waals surface area contributed by atoms with E-state index in [4.69, 9.17) is 10.5 Å². The van der Waals surface area contributed by atoms with Crippen molar-refractivity contribution < 1.29 is 4.74 Å². The summed E-state index contributed by atoms with van der Waals surface area (Å²) in [5.41, 5.74) is 7.58. The van der Waals surface area contributed by atoms with E-state index in [1.54, 1.807) is 0 Å². The largest absolute Gasteiger partial charge is 0.376 e. The number of rotatable bonds is 4. The molecular formula is C17H27N3O. The second-order valence-corrected chi connectivity index (χ2v) is 6.32. The van der Waals surface area contributed by atoms with Crippen molar-refractivity contribution in [2.24, 2.45) is 5.73 Å². The molecule has 1 aromatic carbocycles. The predicted molar refractivity (Wildman–Crippen MR) is 85.1 cm³/mol. The first-order valence-electron chi connectivity index (χ1n) is 8.07. The van der Waals surface area contributed by atoms with Gasteiger partial charge >= 0.3 is 0 Å². The summed E-state index contributed by atoms with van der Waals surface area (Å²) in [6.07, 6.45) is 1.33. The van der Waals surface area contributed by atoms with Gasteiger partial charge < -0.3 is 10.5 Å². The number of hydrogen-bond acceptors (Lipinski definition) is 4. The summed E-state index contributed by atoms with van der Waals surface area (Å²) in [4.78, 5) is 5.11. The molecule has 2 unspecified atom stereocenters. The molecule has 2 aliphatic rings. The third-order valence-electron chi connectivity index (χ3n) is 5.26. The van der Waals surface area contributed by atoms with E-state index >= 15 is 0 Å². The summed E-state index contributed by atoms with van der Waals surface area (Å²) < 4.78 is 5.80. The summed E-state index contributed by atoms with van der Waals surface area (Å²) in [5, 5.41) is 0. The SMILES string of the molecule is CC1OCCC1(CN)N1CCN(Cc2ccccc2)CC1. The molecule has 0 aliphatic carbocycles. The molecule has 0 bridgehead atoms. The van der Waals surface area contributed by atoms with Gasteiger partial charge in [0.1, 0.15) is 0 Å². The first-order chi connectivity index (χ1) is 10.2. The van der Waals surface area contributed by atoms with Gasteiger partial charge in [-0.05, 0) is 18.9 Å². The van der Waals surface area contributed by atoms with Crippen LogP contribution in [0.3, 0.4) is 0 Å². The average Bonchev–Trinajstić information content (AvgIpc) is 2.91. The molecule has 2 atom stereocenters. The summed E-state index contributed by atoms with van der Waals surface area (Å²) in [6.45, 7) is 9.20. The standard InChI is InChI=1S/C17H27N3O/c1-15-17(14-18,7-12-21-15)20-10-8-19(9-11-20)13-16-5-3-2-4-6-16/h2-6,15H,7-14,18H2,1H3. The van der Waals surface area contributed by atoms with Crippen LogP contribution in [0.1, 0.15) is 18.9 Å². The van der Waals surface area contributed by atoms with Crippen LogP contribution in [0, 0.1) is 0 Å². The Balaban J connectivity index is 1.57. The highest BCUT2D eigenvalue weighted by atomic mass is 16.5. The molecular weight excluding hydrogens is 262 g/mol. The van der Waals surface area contributed by atoms with Crippen molar-refractivity contribution in [3.05, 3.63) is 35.9 Å². The summed E-state index contributed by atoms with van der Waals surface area (Å²) in [7, 11) is 0. The molecule has 3 rings (SSSR count). The van der Waals surface area contributed by atoms with Gasteiger partial charge in [-0.3, -0.25) is 9.80 Å². The van der Waals surface area contributed by atoms with Crippen molar-refractivity contribution in [3.8, 4) is 0 Å². The quantitative estimate of drug-likeness (QED) is 0.907. The maximum absolute atomic E-state index is 6.11. The van der Waals surface area contributed by atoms with Crippen LogP contribution in [-0.4, -0.2) is 60.8 Å². The molecule has 0 aromatic heterocycles. The molecule has 21 heavy (non-hydrogen) atoms. The van der Waals surface area contributed by atoms with Gasteiger partial charge in [0.05, 0.1) is 11.6 Å². The molecule has 0 radical (unpaired) electrons. The lowest BCUT2D eigenvalue weighted by Gasteiger charge is -2.47. The third kappa shape index (κ3) is 2.99. The van der Waals surface area contributed by atoms with Gasteiger partial charge in [-0.15, -0.1) is 0 Å². The Labute approximate surface area is 127 Å². The van der Waals surface area contributed by atoms with Crippen molar-refractivity contribution in [1.29, 1.82) is 0 Å². The van der Waals surface area contributed by atoms with Crippen LogP contribution in [0.2, 0.25) is 0 Å². The van der Waals surface area contributed by atoms with Gasteiger partial charge in [0, 0.05) is 45.9 Å². The zero-order chi connectivity index (χ0) is 14.7. The highest BCUT2D eigenvalue weighted by molar-refractivity contribution is 5.14. The zero-order valence-electron chi connectivity index (χ0n) is 13.0. The van der Waals surface area contributed by atoms with Crippen LogP contribution in [0.25, 0.3) is 0 Å². The van der Waals surface area contributed by atoms with Gasteiger partial charge in [0.25, 0.3) is 0 Å². The van der Waals surface area contributed by atoms with Gasteiger partial charge in [0.15, 0.2) is 0 Å². The number of ether oxygens (including phenoxy) is 1. The molecule has 0 saturated carbocycles. The Morgan fingerprint density at radius 1 is 1.19 bits per heavy atom. The smallest absolute Gasteiger partial charge is 0.0743 e. The van der Waals surface area contributed by atoms with Crippen LogP contribution in [0.15, 0.2) is 30.3 Å². The number of hydrogen-bond donors (Lipinski definition) is 1. The predicted octanol–water partition coefficient (Wildman–Crippen LogP) is 1.31. The van der Waals surface area contributed by atoms with Crippen molar-refractivity contribution in [3.63, 3.8) is 0 Å². The third-order valence-corrected chi connectivity index (χ3v) is 5.26. The van der Waals surface area contributed by atoms with Crippen LogP contribution in [-0.2, 0) is 11.3 Å². The molecule has 116 valence electrons. The first-order valence-corrected chi connectivity index (χ1v) is 8.07. The molecule has 0 amide bonds. The number of nitrogens with two attached hydrogens (primary N) is 1. The summed E-state index contributed by atoms with van der Waals surface area (Å²) >= 11 is 0. The Bertz CT molecular complexity index is 445. The van der Waals surface area contributed by atoms with Crippen LogP contribution >= 0.6 is 0 Å². The summed E-state index contributed by atoms with van der Waals surface area (Å²) in [5.74, 6) is 0. The maximum Gasteiger partial charge on any atom is 0.0743 e. The normalized spacial score (nSPS) is 31.6. The van der Waals surface area contributed by atoms with Crippen LogP contribution < -0.4 is 5.73 Å². The first kappa shape index (κ1) is 15.0. The fraction of sp³-hybridized carbons (Fsp3) is 0.647. The van der Waals surface area contributed by atoms with Crippen molar-refractivity contribution >= 4 is 0 Å². The van der Waals surface area contributed by atoms with E-state index in [9.17, 15) is 0 Å².